The van der Waals surface area contributed by atoms with Gasteiger partial charge in [0, 0.05) is 0 Å². The number of rotatable bonds is 11. The van der Waals surface area contributed by atoms with Crippen molar-refractivity contribution in [2.24, 2.45) is 11.8 Å². The maximum atomic E-state index is 2.37. The summed E-state index contributed by atoms with van der Waals surface area (Å²) >= 11 is 0. The summed E-state index contributed by atoms with van der Waals surface area (Å²) in [6, 6.07) is 0. The second-order valence-electron chi connectivity index (χ2n) is 6.50. The van der Waals surface area contributed by atoms with E-state index in [1.54, 1.807) is 12.8 Å². The quantitative estimate of drug-likeness (QED) is 0.357. The van der Waals surface area contributed by atoms with E-state index < -0.39 is 0 Å². The van der Waals surface area contributed by atoms with Crippen LogP contribution >= 0.6 is 0 Å². The van der Waals surface area contributed by atoms with Crippen molar-refractivity contribution in [2.75, 3.05) is 0 Å². The highest BCUT2D eigenvalue weighted by atomic mass is 14.3. The van der Waals surface area contributed by atoms with Crippen molar-refractivity contribution in [3.8, 4) is 0 Å². The molecule has 0 aromatic heterocycles. The Morgan fingerprint density at radius 2 is 1.33 bits per heavy atom. The zero-order chi connectivity index (χ0) is 13.1. The number of hydrogen-bond acceptors (Lipinski definition) is 0. The molecule has 0 bridgehead atoms. The standard InChI is InChI=1S/C18H36/c1-3-5-6-7-8-9-10-14-17(13-4-2)18-15-11-12-16-18/h17-18H,3-16H2,1-2H3. The first kappa shape index (κ1) is 16.1. The van der Waals surface area contributed by atoms with Crippen LogP contribution in [-0.2, 0) is 0 Å². The van der Waals surface area contributed by atoms with Gasteiger partial charge >= 0.3 is 0 Å². The van der Waals surface area contributed by atoms with Gasteiger partial charge in [-0.25, -0.2) is 0 Å². The van der Waals surface area contributed by atoms with Gasteiger partial charge in [-0.05, 0) is 11.8 Å². The molecule has 1 atom stereocenters. The van der Waals surface area contributed by atoms with Crippen molar-refractivity contribution in [3.05, 3.63) is 0 Å². The van der Waals surface area contributed by atoms with Crippen LogP contribution in [-0.4, -0.2) is 0 Å². The van der Waals surface area contributed by atoms with Crippen LogP contribution in [0.25, 0.3) is 0 Å². The normalized spacial score (nSPS) is 18.3. The predicted octanol–water partition coefficient (Wildman–Crippen LogP) is 6.73. The van der Waals surface area contributed by atoms with Gasteiger partial charge < -0.3 is 0 Å². The summed E-state index contributed by atoms with van der Waals surface area (Å²) in [6.07, 6.45) is 20.8. The zero-order valence-corrected chi connectivity index (χ0v) is 13.1. The van der Waals surface area contributed by atoms with Crippen LogP contribution in [0.15, 0.2) is 0 Å². The molecule has 1 unspecified atom stereocenters. The van der Waals surface area contributed by atoms with Crippen LogP contribution in [0, 0.1) is 11.8 Å². The van der Waals surface area contributed by atoms with E-state index in [1.807, 2.05) is 0 Å². The Bertz CT molecular complexity index is 167. The van der Waals surface area contributed by atoms with Gasteiger partial charge in [-0.15, -0.1) is 0 Å². The maximum Gasteiger partial charge on any atom is -0.0386 e. The predicted molar refractivity (Wildman–Crippen MR) is 83.0 cm³/mol. The molecule has 0 N–H and O–H groups in total. The lowest BCUT2D eigenvalue weighted by molar-refractivity contribution is 0.287. The lowest BCUT2D eigenvalue weighted by atomic mass is 9.83. The Hall–Kier alpha value is 0. The number of unbranched alkanes of at least 4 members (excludes halogenated alkanes) is 6. The molecule has 1 rings (SSSR count). The van der Waals surface area contributed by atoms with Gasteiger partial charge in [-0.1, -0.05) is 104 Å². The maximum absolute atomic E-state index is 2.37. The molecular weight excluding hydrogens is 216 g/mol. The molecule has 0 aromatic carbocycles. The van der Waals surface area contributed by atoms with Gasteiger partial charge in [0.25, 0.3) is 0 Å². The Labute approximate surface area is 116 Å². The van der Waals surface area contributed by atoms with Crippen molar-refractivity contribution in [1.82, 2.24) is 0 Å². The molecule has 0 amide bonds. The smallest absolute Gasteiger partial charge is 0.0386 e. The average molecular weight is 252 g/mol. The summed E-state index contributed by atoms with van der Waals surface area (Å²) in [5.74, 6) is 2.18. The van der Waals surface area contributed by atoms with E-state index in [-0.39, 0.29) is 0 Å². The van der Waals surface area contributed by atoms with Crippen molar-refractivity contribution in [2.45, 2.75) is 104 Å². The minimum atomic E-state index is 1.08. The second-order valence-corrected chi connectivity index (χ2v) is 6.50. The van der Waals surface area contributed by atoms with Crippen molar-refractivity contribution >= 4 is 0 Å². The molecule has 0 spiro atoms. The van der Waals surface area contributed by atoms with Crippen molar-refractivity contribution < 1.29 is 0 Å². The third kappa shape index (κ3) is 6.81. The molecule has 0 radical (unpaired) electrons. The summed E-state index contributed by atoms with van der Waals surface area (Å²) < 4.78 is 0. The van der Waals surface area contributed by atoms with E-state index in [0.29, 0.717) is 0 Å². The molecule has 108 valence electrons. The van der Waals surface area contributed by atoms with E-state index in [2.05, 4.69) is 13.8 Å². The fraction of sp³-hybridized carbons (Fsp3) is 1.00. The molecule has 1 aliphatic carbocycles. The van der Waals surface area contributed by atoms with Crippen LogP contribution in [0.4, 0.5) is 0 Å². The molecule has 0 aromatic rings. The monoisotopic (exact) mass is 252 g/mol. The molecule has 0 nitrogen and oxygen atoms in total. The first-order valence-corrected chi connectivity index (χ1v) is 8.88. The van der Waals surface area contributed by atoms with Crippen LogP contribution < -0.4 is 0 Å². The van der Waals surface area contributed by atoms with Crippen LogP contribution in [0.1, 0.15) is 104 Å². The van der Waals surface area contributed by atoms with Gasteiger partial charge in [-0.2, -0.15) is 0 Å². The molecule has 0 saturated heterocycles. The lowest BCUT2D eigenvalue weighted by Crippen LogP contribution is -2.11. The molecule has 1 saturated carbocycles. The summed E-state index contributed by atoms with van der Waals surface area (Å²) in [5, 5.41) is 0. The second kappa shape index (κ2) is 10.9. The van der Waals surface area contributed by atoms with Gasteiger partial charge in [0.15, 0.2) is 0 Å². The minimum absolute atomic E-state index is 1.08. The summed E-state index contributed by atoms with van der Waals surface area (Å²) in [6.45, 7) is 4.67. The van der Waals surface area contributed by atoms with Crippen molar-refractivity contribution in [3.63, 3.8) is 0 Å². The number of hydrogen-bond donors (Lipinski definition) is 0. The van der Waals surface area contributed by atoms with E-state index in [4.69, 9.17) is 0 Å². The van der Waals surface area contributed by atoms with E-state index in [1.165, 1.54) is 77.0 Å². The largest absolute Gasteiger partial charge is 0.0654 e. The average Bonchev–Trinajstić information content (AvgIpc) is 2.90. The first-order valence-electron chi connectivity index (χ1n) is 8.88. The Kier molecular flexibility index (Phi) is 9.70. The highest BCUT2D eigenvalue weighted by molar-refractivity contribution is 4.75. The zero-order valence-electron chi connectivity index (χ0n) is 13.1. The van der Waals surface area contributed by atoms with E-state index >= 15 is 0 Å². The molecule has 0 aliphatic heterocycles. The van der Waals surface area contributed by atoms with Gasteiger partial charge in [-0.3, -0.25) is 0 Å². The lowest BCUT2D eigenvalue weighted by Gasteiger charge is -2.23. The Morgan fingerprint density at radius 3 is 1.94 bits per heavy atom. The van der Waals surface area contributed by atoms with Crippen LogP contribution in [0.5, 0.6) is 0 Å². The van der Waals surface area contributed by atoms with E-state index in [9.17, 15) is 0 Å². The fourth-order valence-electron chi connectivity index (χ4n) is 3.78. The van der Waals surface area contributed by atoms with Gasteiger partial charge in [0.1, 0.15) is 0 Å². The third-order valence-corrected chi connectivity index (χ3v) is 4.90. The molecule has 18 heavy (non-hydrogen) atoms. The molecule has 0 heterocycles. The third-order valence-electron chi connectivity index (χ3n) is 4.90. The Balaban J connectivity index is 2.02. The molecule has 1 aliphatic rings. The summed E-state index contributed by atoms with van der Waals surface area (Å²) in [7, 11) is 0. The van der Waals surface area contributed by atoms with Crippen LogP contribution in [0.2, 0.25) is 0 Å². The molecule has 1 fully saturated rings. The summed E-state index contributed by atoms with van der Waals surface area (Å²) in [4.78, 5) is 0. The molecule has 0 heteroatoms. The van der Waals surface area contributed by atoms with Crippen LogP contribution in [0.3, 0.4) is 0 Å². The minimum Gasteiger partial charge on any atom is -0.0654 e. The fourth-order valence-corrected chi connectivity index (χ4v) is 3.78. The molecular formula is C18H36. The topological polar surface area (TPSA) is 0 Å². The first-order chi connectivity index (χ1) is 8.88. The SMILES string of the molecule is CCCCCCCCCC(CCC)C1CCCC1. The Morgan fingerprint density at radius 1 is 0.722 bits per heavy atom. The van der Waals surface area contributed by atoms with Crippen molar-refractivity contribution in [1.29, 1.82) is 0 Å². The summed E-state index contributed by atoms with van der Waals surface area (Å²) in [5.41, 5.74) is 0. The van der Waals surface area contributed by atoms with Gasteiger partial charge in [0.2, 0.25) is 0 Å². The van der Waals surface area contributed by atoms with E-state index in [0.717, 1.165) is 11.8 Å². The highest BCUT2D eigenvalue weighted by Gasteiger charge is 2.23. The highest BCUT2D eigenvalue weighted by Crippen LogP contribution is 2.36. The van der Waals surface area contributed by atoms with Gasteiger partial charge in [0.05, 0.1) is 0 Å².